The first-order valence-corrected chi connectivity index (χ1v) is 8.66. The molecule has 20 heavy (non-hydrogen) atoms. The van der Waals surface area contributed by atoms with E-state index in [1.54, 1.807) is 22.8 Å². The molecule has 7 heteroatoms. The highest BCUT2D eigenvalue weighted by atomic mass is 32.2. The van der Waals surface area contributed by atoms with Crippen molar-refractivity contribution in [2.24, 2.45) is 5.92 Å². The molecule has 1 saturated heterocycles. The maximum absolute atomic E-state index is 12.4. The van der Waals surface area contributed by atoms with Gasteiger partial charge < -0.3 is 4.90 Å². The van der Waals surface area contributed by atoms with E-state index >= 15 is 0 Å². The third-order valence-electron chi connectivity index (χ3n) is 3.86. The first kappa shape index (κ1) is 15.0. The maximum Gasteiger partial charge on any atom is 0.227 e. The molecule has 0 spiro atoms. The summed E-state index contributed by atoms with van der Waals surface area (Å²) < 4.78 is 24.6. The minimum atomic E-state index is -2.89. The molecule has 1 atom stereocenters. The third kappa shape index (κ3) is 3.59. The summed E-state index contributed by atoms with van der Waals surface area (Å²) in [5, 5.41) is 4.10. The Morgan fingerprint density at radius 3 is 2.65 bits per heavy atom. The fraction of sp³-hybridized carbons (Fsp3) is 0.692. The van der Waals surface area contributed by atoms with E-state index in [9.17, 15) is 13.2 Å². The molecular weight excluding hydrogens is 278 g/mol. The molecule has 112 valence electrons. The zero-order valence-electron chi connectivity index (χ0n) is 11.9. The summed E-state index contributed by atoms with van der Waals surface area (Å²) in [4.78, 5) is 14.1. The van der Waals surface area contributed by atoms with Gasteiger partial charge in [-0.3, -0.25) is 9.48 Å². The number of carbonyl (C=O) groups is 1. The summed E-state index contributed by atoms with van der Waals surface area (Å²) >= 11 is 0. The number of aromatic nitrogens is 2. The Balaban J connectivity index is 1.91. The van der Waals surface area contributed by atoms with E-state index in [1.807, 2.05) is 19.2 Å². The number of nitrogens with zero attached hydrogens (tertiary/aromatic N) is 3. The zero-order chi connectivity index (χ0) is 14.8. The normalized spacial score (nSPS) is 20.5. The molecular formula is C13H21N3O3S. The van der Waals surface area contributed by atoms with Gasteiger partial charge in [-0.2, -0.15) is 5.10 Å². The van der Waals surface area contributed by atoms with Gasteiger partial charge >= 0.3 is 0 Å². The Bertz CT molecular complexity index is 539. The average Bonchev–Trinajstić information content (AvgIpc) is 2.90. The molecule has 0 bridgehead atoms. The van der Waals surface area contributed by atoms with Crippen molar-refractivity contribution in [2.75, 3.05) is 18.6 Å². The Morgan fingerprint density at radius 1 is 1.45 bits per heavy atom. The lowest BCUT2D eigenvalue weighted by molar-refractivity contribution is -0.136. The van der Waals surface area contributed by atoms with Crippen LogP contribution in [0.1, 0.15) is 19.8 Å². The fourth-order valence-corrected chi connectivity index (χ4v) is 4.03. The molecule has 1 fully saturated rings. The van der Waals surface area contributed by atoms with Crippen LogP contribution in [-0.4, -0.2) is 53.6 Å². The largest absolute Gasteiger partial charge is 0.342 e. The molecule has 1 amide bonds. The Hall–Kier alpha value is -1.37. The summed E-state index contributed by atoms with van der Waals surface area (Å²) in [5.41, 5.74) is 0. The van der Waals surface area contributed by atoms with E-state index in [-0.39, 0.29) is 29.4 Å². The molecule has 0 radical (unpaired) electrons. The van der Waals surface area contributed by atoms with Gasteiger partial charge in [-0.25, -0.2) is 8.42 Å². The highest BCUT2D eigenvalue weighted by Crippen LogP contribution is 2.19. The molecule has 2 heterocycles. The Labute approximate surface area is 119 Å². The second kappa shape index (κ2) is 5.95. The third-order valence-corrected chi connectivity index (χ3v) is 5.58. The highest BCUT2D eigenvalue weighted by Gasteiger charge is 2.30. The van der Waals surface area contributed by atoms with Crippen molar-refractivity contribution in [3.05, 3.63) is 18.5 Å². The van der Waals surface area contributed by atoms with Crippen molar-refractivity contribution >= 4 is 15.7 Å². The van der Waals surface area contributed by atoms with Crippen LogP contribution in [0.3, 0.4) is 0 Å². The van der Waals surface area contributed by atoms with Crippen LogP contribution < -0.4 is 0 Å². The highest BCUT2D eigenvalue weighted by molar-refractivity contribution is 7.91. The minimum Gasteiger partial charge on any atom is -0.342 e. The predicted molar refractivity (Wildman–Crippen MR) is 75.8 cm³/mol. The van der Waals surface area contributed by atoms with Crippen LogP contribution in [0.5, 0.6) is 0 Å². The number of hydrogen-bond acceptors (Lipinski definition) is 4. The Morgan fingerprint density at radius 2 is 2.10 bits per heavy atom. The molecule has 0 saturated carbocycles. The molecule has 2 rings (SSSR count). The van der Waals surface area contributed by atoms with Gasteiger partial charge in [-0.1, -0.05) is 6.92 Å². The van der Waals surface area contributed by atoms with Gasteiger partial charge in [0.05, 0.1) is 24.0 Å². The fourth-order valence-electron chi connectivity index (χ4n) is 2.56. The molecule has 0 aliphatic carbocycles. The van der Waals surface area contributed by atoms with Gasteiger partial charge in [-0.05, 0) is 18.9 Å². The van der Waals surface area contributed by atoms with E-state index < -0.39 is 9.84 Å². The quantitative estimate of drug-likeness (QED) is 0.814. The number of hydrogen-bond donors (Lipinski definition) is 0. The second-order valence-corrected chi connectivity index (χ2v) is 7.76. The zero-order valence-corrected chi connectivity index (χ0v) is 12.7. The smallest absolute Gasteiger partial charge is 0.227 e. The molecule has 0 aromatic carbocycles. The van der Waals surface area contributed by atoms with Gasteiger partial charge in [0.15, 0.2) is 0 Å². The summed E-state index contributed by atoms with van der Waals surface area (Å²) in [6.45, 7) is 2.42. The van der Waals surface area contributed by atoms with Gasteiger partial charge in [0, 0.05) is 25.5 Å². The maximum atomic E-state index is 12.4. The standard InChI is InChI=1S/C13H21N3O3S/c1-11(10-16-7-3-6-14-16)13(17)15(2)12-4-8-20(18,19)9-5-12/h3,6-7,11-12H,4-5,8-10H2,1-2H3. The molecule has 1 aromatic heterocycles. The van der Waals surface area contributed by atoms with Crippen molar-refractivity contribution in [1.82, 2.24) is 14.7 Å². The van der Waals surface area contributed by atoms with Crippen molar-refractivity contribution in [2.45, 2.75) is 32.4 Å². The van der Waals surface area contributed by atoms with Crippen molar-refractivity contribution in [3.8, 4) is 0 Å². The van der Waals surface area contributed by atoms with Gasteiger partial charge in [0.1, 0.15) is 9.84 Å². The van der Waals surface area contributed by atoms with E-state index in [1.165, 1.54) is 0 Å². The van der Waals surface area contributed by atoms with Gasteiger partial charge in [-0.15, -0.1) is 0 Å². The van der Waals surface area contributed by atoms with Crippen molar-refractivity contribution in [1.29, 1.82) is 0 Å². The van der Waals surface area contributed by atoms with E-state index in [4.69, 9.17) is 0 Å². The summed E-state index contributed by atoms with van der Waals surface area (Å²) in [5.74, 6) is 0.245. The lowest BCUT2D eigenvalue weighted by Crippen LogP contribution is -2.44. The van der Waals surface area contributed by atoms with Crippen LogP contribution in [0.15, 0.2) is 18.5 Å². The second-order valence-electron chi connectivity index (χ2n) is 5.46. The number of carbonyl (C=O) groups excluding carboxylic acids is 1. The van der Waals surface area contributed by atoms with E-state index in [0.717, 1.165) is 0 Å². The van der Waals surface area contributed by atoms with Gasteiger partial charge in [0.25, 0.3) is 0 Å². The minimum absolute atomic E-state index is 0.0334. The van der Waals surface area contributed by atoms with E-state index in [0.29, 0.717) is 19.4 Å². The number of amides is 1. The molecule has 6 nitrogen and oxygen atoms in total. The molecule has 1 aliphatic heterocycles. The first-order chi connectivity index (χ1) is 9.39. The summed E-state index contributed by atoms with van der Waals surface area (Å²) in [7, 11) is -1.12. The average molecular weight is 299 g/mol. The molecule has 1 aliphatic rings. The van der Waals surface area contributed by atoms with E-state index in [2.05, 4.69) is 5.10 Å². The van der Waals surface area contributed by atoms with Gasteiger partial charge in [0.2, 0.25) is 5.91 Å². The lowest BCUT2D eigenvalue weighted by Gasteiger charge is -2.32. The monoisotopic (exact) mass is 299 g/mol. The topological polar surface area (TPSA) is 72.3 Å². The molecule has 1 aromatic rings. The van der Waals surface area contributed by atoms with Crippen LogP contribution >= 0.6 is 0 Å². The van der Waals surface area contributed by atoms with Crippen molar-refractivity contribution in [3.63, 3.8) is 0 Å². The van der Waals surface area contributed by atoms with Crippen LogP contribution in [-0.2, 0) is 21.2 Å². The summed E-state index contributed by atoms with van der Waals surface area (Å²) in [6, 6.07) is 1.86. The number of rotatable bonds is 4. The van der Waals surface area contributed by atoms with Crippen LogP contribution in [0.4, 0.5) is 0 Å². The van der Waals surface area contributed by atoms with Crippen LogP contribution in [0.25, 0.3) is 0 Å². The summed E-state index contributed by atoms with van der Waals surface area (Å²) in [6.07, 6.45) is 4.60. The van der Waals surface area contributed by atoms with Crippen molar-refractivity contribution < 1.29 is 13.2 Å². The molecule has 1 unspecified atom stereocenters. The van der Waals surface area contributed by atoms with Crippen LogP contribution in [0.2, 0.25) is 0 Å². The molecule has 0 N–H and O–H groups in total. The lowest BCUT2D eigenvalue weighted by atomic mass is 10.1. The number of sulfone groups is 1. The van der Waals surface area contributed by atoms with Crippen LogP contribution in [0, 0.1) is 5.92 Å². The first-order valence-electron chi connectivity index (χ1n) is 6.83. The Kier molecular flexibility index (Phi) is 4.47. The predicted octanol–water partition coefficient (Wildman–Crippen LogP) is 0.555. The SMILES string of the molecule is CC(Cn1cccn1)C(=O)N(C)C1CCS(=O)(=O)CC1.